The molecule has 0 saturated carbocycles. The van der Waals surface area contributed by atoms with E-state index in [2.05, 4.69) is 18.8 Å². The lowest BCUT2D eigenvalue weighted by Crippen LogP contribution is -2.28. The van der Waals surface area contributed by atoms with Crippen LogP contribution in [0.5, 0.6) is 0 Å². The molecule has 1 N–H and O–H groups in total. The van der Waals surface area contributed by atoms with Gasteiger partial charge in [0.15, 0.2) is 0 Å². The van der Waals surface area contributed by atoms with Crippen LogP contribution in [0, 0.1) is 17.8 Å². The third-order valence-electron chi connectivity index (χ3n) is 3.45. The van der Waals surface area contributed by atoms with Gasteiger partial charge >= 0.3 is 0 Å². The fourth-order valence-corrected chi connectivity index (χ4v) is 3.00. The van der Waals surface area contributed by atoms with Gasteiger partial charge in [-0.2, -0.15) is 0 Å². The second-order valence-electron chi connectivity index (χ2n) is 4.79. The van der Waals surface area contributed by atoms with E-state index in [0.717, 1.165) is 36.4 Å². The minimum absolute atomic E-state index is 0.0797. The Morgan fingerprint density at radius 1 is 1.63 bits per heavy atom. The van der Waals surface area contributed by atoms with Gasteiger partial charge < -0.3 is 10.0 Å². The second kappa shape index (κ2) is 6.74. The topological polar surface area (TPSA) is 40.5 Å². The predicted octanol–water partition coefficient (Wildman–Crippen LogP) is 2.35. The van der Waals surface area contributed by atoms with E-state index in [4.69, 9.17) is 5.11 Å². The minimum Gasteiger partial charge on any atom is -0.395 e. The number of aliphatic hydroxyl groups excluding tert-OH is 1. The third kappa shape index (κ3) is 3.59. The molecule has 1 aromatic rings. The van der Waals surface area contributed by atoms with Crippen LogP contribution in [-0.4, -0.2) is 35.6 Å². The lowest BCUT2D eigenvalue weighted by atomic mass is 10.1. The number of rotatable bonds is 3. The van der Waals surface area contributed by atoms with Crippen LogP contribution in [0.25, 0.3) is 0 Å². The van der Waals surface area contributed by atoms with Crippen molar-refractivity contribution in [3.05, 3.63) is 21.9 Å². The van der Waals surface area contributed by atoms with Crippen LogP contribution in [0.2, 0.25) is 0 Å². The first-order chi connectivity index (χ1) is 9.24. The largest absolute Gasteiger partial charge is 0.395 e. The van der Waals surface area contributed by atoms with Gasteiger partial charge in [-0.1, -0.05) is 25.2 Å². The molecule has 1 aliphatic rings. The normalized spacial score (nSPS) is 18.2. The summed E-state index contributed by atoms with van der Waals surface area (Å²) in [4.78, 5) is 15.1. The fraction of sp³-hybridized carbons (Fsp3) is 0.533. The van der Waals surface area contributed by atoms with Crippen LogP contribution in [0.1, 0.15) is 41.4 Å². The summed E-state index contributed by atoms with van der Waals surface area (Å²) in [6.07, 6.45) is 2.74. The smallest absolute Gasteiger partial charge is 0.254 e. The van der Waals surface area contributed by atoms with Crippen molar-refractivity contribution in [2.75, 3.05) is 19.7 Å². The highest BCUT2D eigenvalue weighted by atomic mass is 32.1. The molecule has 0 radical (unpaired) electrons. The Hall–Kier alpha value is -1.31. The van der Waals surface area contributed by atoms with Gasteiger partial charge in [0.1, 0.15) is 0 Å². The zero-order valence-corrected chi connectivity index (χ0v) is 12.0. The van der Waals surface area contributed by atoms with Crippen molar-refractivity contribution in [3.63, 3.8) is 0 Å². The monoisotopic (exact) mass is 277 g/mol. The maximum Gasteiger partial charge on any atom is 0.254 e. The quantitative estimate of drug-likeness (QED) is 0.862. The Balaban J connectivity index is 1.99. The molecule has 1 fully saturated rings. The molecule has 4 heteroatoms. The van der Waals surface area contributed by atoms with Crippen molar-refractivity contribution in [3.8, 4) is 11.8 Å². The van der Waals surface area contributed by atoms with Gasteiger partial charge in [0.2, 0.25) is 0 Å². The molecule has 1 aromatic heterocycles. The van der Waals surface area contributed by atoms with E-state index in [1.165, 1.54) is 11.3 Å². The highest BCUT2D eigenvalue weighted by Gasteiger charge is 2.26. The maximum atomic E-state index is 12.3. The standard InChI is InChI=1S/C15H19NO2S/c1-2-12-6-7-16(10-12)15(18)13-9-14(19-11-13)5-3-4-8-17/h9,11-12,17H,2,4,6-8,10H2,1H3. The number of hydrogen-bond donors (Lipinski definition) is 1. The Morgan fingerprint density at radius 2 is 2.47 bits per heavy atom. The molecule has 19 heavy (non-hydrogen) atoms. The van der Waals surface area contributed by atoms with Gasteiger partial charge in [0, 0.05) is 24.9 Å². The van der Waals surface area contributed by atoms with E-state index in [1.807, 2.05) is 16.3 Å². The number of aliphatic hydroxyl groups is 1. The van der Waals surface area contributed by atoms with E-state index in [1.54, 1.807) is 0 Å². The summed E-state index contributed by atoms with van der Waals surface area (Å²) >= 11 is 1.49. The molecule has 2 rings (SSSR count). The summed E-state index contributed by atoms with van der Waals surface area (Å²) < 4.78 is 0. The van der Waals surface area contributed by atoms with Gasteiger partial charge in [0.05, 0.1) is 17.0 Å². The Bertz CT molecular complexity index is 498. The van der Waals surface area contributed by atoms with Crippen molar-refractivity contribution < 1.29 is 9.90 Å². The number of nitrogens with zero attached hydrogens (tertiary/aromatic N) is 1. The third-order valence-corrected chi connectivity index (χ3v) is 4.29. The highest BCUT2D eigenvalue weighted by Crippen LogP contribution is 2.23. The first-order valence-corrected chi connectivity index (χ1v) is 7.60. The predicted molar refractivity (Wildman–Crippen MR) is 77.2 cm³/mol. The zero-order valence-electron chi connectivity index (χ0n) is 11.2. The lowest BCUT2D eigenvalue weighted by molar-refractivity contribution is 0.0787. The molecule has 0 aliphatic carbocycles. The summed E-state index contributed by atoms with van der Waals surface area (Å²) in [7, 11) is 0. The van der Waals surface area contributed by atoms with Crippen molar-refractivity contribution in [2.24, 2.45) is 5.92 Å². The molecular formula is C15H19NO2S. The molecule has 3 nitrogen and oxygen atoms in total. The first kappa shape index (κ1) is 14.1. The Morgan fingerprint density at radius 3 is 3.16 bits per heavy atom. The molecule has 1 atom stereocenters. The number of likely N-dealkylation sites (tertiary alicyclic amines) is 1. The van der Waals surface area contributed by atoms with Crippen LogP contribution >= 0.6 is 11.3 Å². The van der Waals surface area contributed by atoms with Crippen LogP contribution < -0.4 is 0 Å². The molecule has 1 unspecified atom stereocenters. The number of amides is 1. The van der Waals surface area contributed by atoms with Gasteiger partial charge in [-0.15, -0.1) is 11.3 Å². The van der Waals surface area contributed by atoms with E-state index in [-0.39, 0.29) is 12.5 Å². The van der Waals surface area contributed by atoms with Crippen LogP contribution in [0.3, 0.4) is 0 Å². The molecule has 0 spiro atoms. The van der Waals surface area contributed by atoms with E-state index >= 15 is 0 Å². The van der Waals surface area contributed by atoms with Crippen LogP contribution in [0.4, 0.5) is 0 Å². The van der Waals surface area contributed by atoms with Crippen molar-refractivity contribution in [1.82, 2.24) is 4.90 Å². The van der Waals surface area contributed by atoms with E-state index in [0.29, 0.717) is 12.3 Å². The number of hydrogen-bond acceptors (Lipinski definition) is 3. The first-order valence-electron chi connectivity index (χ1n) is 6.72. The average Bonchev–Trinajstić information content (AvgIpc) is 3.07. The van der Waals surface area contributed by atoms with Gasteiger partial charge in [-0.05, 0) is 18.4 Å². The molecule has 0 bridgehead atoms. The number of carbonyl (C=O) groups is 1. The minimum atomic E-state index is 0.0797. The Kier molecular flexibility index (Phi) is 5.00. The molecule has 1 aliphatic heterocycles. The van der Waals surface area contributed by atoms with Crippen LogP contribution in [-0.2, 0) is 0 Å². The second-order valence-corrected chi connectivity index (χ2v) is 5.70. The van der Waals surface area contributed by atoms with Gasteiger partial charge in [0.25, 0.3) is 5.91 Å². The summed E-state index contributed by atoms with van der Waals surface area (Å²) in [5.74, 6) is 6.63. The molecule has 1 amide bonds. The van der Waals surface area contributed by atoms with Crippen molar-refractivity contribution in [1.29, 1.82) is 0 Å². The molecule has 102 valence electrons. The van der Waals surface area contributed by atoms with E-state index in [9.17, 15) is 4.79 Å². The van der Waals surface area contributed by atoms with Gasteiger partial charge in [-0.3, -0.25) is 4.79 Å². The molecule has 0 aromatic carbocycles. The molecule has 2 heterocycles. The summed E-state index contributed by atoms with van der Waals surface area (Å²) in [5, 5.41) is 10.5. The average molecular weight is 277 g/mol. The van der Waals surface area contributed by atoms with Gasteiger partial charge in [-0.25, -0.2) is 0 Å². The van der Waals surface area contributed by atoms with Crippen molar-refractivity contribution in [2.45, 2.75) is 26.2 Å². The summed E-state index contributed by atoms with van der Waals surface area (Å²) in [6, 6.07) is 1.86. The summed E-state index contributed by atoms with van der Waals surface area (Å²) in [6.45, 7) is 4.02. The maximum absolute atomic E-state index is 12.3. The lowest BCUT2D eigenvalue weighted by Gasteiger charge is -2.15. The SMILES string of the molecule is CCC1CCN(C(=O)c2csc(C#CCCO)c2)C1. The zero-order chi connectivity index (χ0) is 13.7. The van der Waals surface area contributed by atoms with Crippen molar-refractivity contribution >= 4 is 17.2 Å². The highest BCUT2D eigenvalue weighted by molar-refractivity contribution is 7.10. The van der Waals surface area contributed by atoms with E-state index < -0.39 is 0 Å². The number of thiophene rings is 1. The number of carbonyl (C=O) groups excluding carboxylic acids is 1. The molecular weight excluding hydrogens is 258 g/mol. The molecule has 1 saturated heterocycles. The fourth-order valence-electron chi connectivity index (χ4n) is 2.25. The summed E-state index contributed by atoms with van der Waals surface area (Å²) in [5.41, 5.74) is 0.745. The van der Waals surface area contributed by atoms with Crippen LogP contribution in [0.15, 0.2) is 11.4 Å². The Labute approximate surface area is 118 Å².